The van der Waals surface area contributed by atoms with Crippen molar-refractivity contribution in [3.63, 3.8) is 0 Å². The highest BCUT2D eigenvalue weighted by atomic mass is 16.2. The second-order valence-corrected chi connectivity index (χ2v) is 3.65. The number of hydrogen-bond acceptors (Lipinski definition) is 4. The molecule has 0 saturated carbocycles. The molecule has 1 aromatic carbocycles. The number of benzene rings is 1. The lowest BCUT2D eigenvalue weighted by Gasteiger charge is -2.12. The van der Waals surface area contributed by atoms with Crippen LogP contribution in [0.15, 0.2) is 30.3 Å². The molecule has 1 aromatic heterocycles. The van der Waals surface area contributed by atoms with E-state index in [9.17, 15) is 4.79 Å². The van der Waals surface area contributed by atoms with Crippen molar-refractivity contribution in [2.24, 2.45) is 0 Å². The van der Waals surface area contributed by atoms with Crippen LogP contribution in [0.1, 0.15) is 29.1 Å². The van der Waals surface area contributed by atoms with E-state index in [1.165, 1.54) is 0 Å². The van der Waals surface area contributed by atoms with E-state index in [0.29, 0.717) is 0 Å². The number of anilines is 1. The van der Waals surface area contributed by atoms with Gasteiger partial charge in [-0.05, 0) is 12.5 Å². The Hall–Kier alpha value is -2.37. The highest BCUT2D eigenvalue weighted by molar-refractivity contribution is 5.90. The Labute approximate surface area is 98.3 Å². The van der Waals surface area contributed by atoms with Gasteiger partial charge in [0.1, 0.15) is 0 Å². The van der Waals surface area contributed by atoms with Gasteiger partial charge < -0.3 is 11.1 Å². The van der Waals surface area contributed by atoms with Crippen molar-refractivity contribution in [3.8, 4) is 0 Å². The number of rotatable bonds is 3. The Morgan fingerprint density at radius 3 is 2.71 bits per heavy atom. The number of hydrogen-bond donors (Lipinski definition) is 3. The number of nitrogen functional groups attached to an aromatic ring is 1. The van der Waals surface area contributed by atoms with Crippen molar-refractivity contribution in [2.45, 2.75) is 13.0 Å². The minimum atomic E-state index is -0.328. The number of aromatic amines is 1. The van der Waals surface area contributed by atoms with E-state index in [1.807, 2.05) is 37.3 Å². The molecule has 2 rings (SSSR count). The maximum absolute atomic E-state index is 11.7. The summed E-state index contributed by atoms with van der Waals surface area (Å²) >= 11 is 0. The first kappa shape index (κ1) is 11.1. The predicted octanol–water partition coefficient (Wildman–Crippen LogP) is 0.878. The average Bonchev–Trinajstić information content (AvgIpc) is 2.77. The molecule has 2 aromatic rings. The lowest BCUT2D eigenvalue weighted by Crippen LogP contribution is -2.27. The van der Waals surface area contributed by atoms with E-state index in [2.05, 4.69) is 20.5 Å². The van der Waals surface area contributed by atoms with Gasteiger partial charge in [0.15, 0.2) is 0 Å². The fourth-order valence-corrected chi connectivity index (χ4v) is 1.47. The van der Waals surface area contributed by atoms with Crippen LogP contribution >= 0.6 is 0 Å². The standard InChI is InChI=1S/C11H13N5O/c1-7(8-5-3-2-4-6-8)13-10(17)9-14-11(12)16-15-9/h2-7H,1H3,(H,13,17)(H3,12,14,15,16). The second-order valence-electron chi connectivity index (χ2n) is 3.65. The molecule has 0 bridgehead atoms. The molecule has 1 atom stereocenters. The van der Waals surface area contributed by atoms with Crippen LogP contribution in [0.25, 0.3) is 0 Å². The summed E-state index contributed by atoms with van der Waals surface area (Å²) in [5.74, 6) is -0.154. The number of H-pyrrole nitrogens is 1. The molecular weight excluding hydrogens is 218 g/mol. The van der Waals surface area contributed by atoms with Crippen molar-refractivity contribution >= 4 is 11.9 Å². The fourth-order valence-electron chi connectivity index (χ4n) is 1.47. The van der Waals surface area contributed by atoms with Gasteiger partial charge in [-0.2, -0.15) is 4.98 Å². The van der Waals surface area contributed by atoms with Gasteiger partial charge in [-0.1, -0.05) is 30.3 Å². The topological polar surface area (TPSA) is 96.7 Å². The van der Waals surface area contributed by atoms with Gasteiger partial charge in [0.05, 0.1) is 6.04 Å². The first-order valence-electron chi connectivity index (χ1n) is 5.20. The Bertz CT molecular complexity index is 508. The van der Waals surface area contributed by atoms with Gasteiger partial charge in [-0.3, -0.25) is 9.89 Å². The minimum absolute atomic E-state index is 0.0579. The maximum Gasteiger partial charge on any atom is 0.289 e. The molecule has 1 heterocycles. The Kier molecular flexibility index (Phi) is 3.04. The smallest absolute Gasteiger partial charge is 0.289 e. The summed E-state index contributed by atoms with van der Waals surface area (Å²) in [6, 6.07) is 9.55. The molecule has 0 fully saturated rings. The van der Waals surface area contributed by atoms with Crippen LogP contribution in [-0.4, -0.2) is 21.1 Å². The van der Waals surface area contributed by atoms with Crippen LogP contribution in [0.3, 0.4) is 0 Å². The van der Waals surface area contributed by atoms with Crippen LogP contribution < -0.4 is 11.1 Å². The zero-order valence-electron chi connectivity index (χ0n) is 9.34. The largest absolute Gasteiger partial charge is 0.366 e. The van der Waals surface area contributed by atoms with E-state index < -0.39 is 0 Å². The number of nitrogens with zero attached hydrogens (tertiary/aromatic N) is 2. The normalized spacial score (nSPS) is 12.1. The van der Waals surface area contributed by atoms with Gasteiger partial charge in [0.25, 0.3) is 5.91 Å². The first-order chi connectivity index (χ1) is 8.16. The number of carbonyl (C=O) groups excluding carboxylic acids is 1. The highest BCUT2D eigenvalue weighted by Crippen LogP contribution is 2.11. The predicted molar refractivity (Wildman–Crippen MR) is 63.1 cm³/mol. The van der Waals surface area contributed by atoms with Crippen molar-refractivity contribution in [1.29, 1.82) is 0 Å². The summed E-state index contributed by atoms with van der Waals surface area (Å²) < 4.78 is 0. The van der Waals surface area contributed by atoms with Gasteiger partial charge in [-0.15, -0.1) is 5.10 Å². The van der Waals surface area contributed by atoms with Crippen LogP contribution in [-0.2, 0) is 0 Å². The molecular formula is C11H13N5O. The van der Waals surface area contributed by atoms with Gasteiger partial charge in [0.2, 0.25) is 11.8 Å². The number of carbonyl (C=O) groups is 1. The molecule has 88 valence electrons. The van der Waals surface area contributed by atoms with Crippen LogP contribution in [0.5, 0.6) is 0 Å². The molecule has 0 saturated heterocycles. The Balaban J connectivity index is 2.04. The number of nitrogens with one attached hydrogen (secondary N) is 2. The second kappa shape index (κ2) is 4.65. The Morgan fingerprint density at radius 2 is 2.12 bits per heavy atom. The lowest BCUT2D eigenvalue weighted by molar-refractivity contribution is 0.0930. The molecule has 0 aliphatic heterocycles. The van der Waals surface area contributed by atoms with E-state index in [0.717, 1.165) is 5.56 Å². The van der Waals surface area contributed by atoms with E-state index in [1.54, 1.807) is 0 Å². The SMILES string of the molecule is CC(NC(=O)c1nc(N)n[nH]1)c1ccccc1. The molecule has 6 heteroatoms. The van der Waals surface area contributed by atoms with Crippen molar-refractivity contribution in [2.75, 3.05) is 5.73 Å². The highest BCUT2D eigenvalue weighted by Gasteiger charge is 2.14. The maximum atomic E-state index is 11.7. The summed E-state index contributed by atoms with van der Waals surface area (Å²) in [7, 11) is 0. The molecule has 1 amide bonds. The van der Waals surface area contributed by atoms with E-state index >= 15 is 0 Å². The van der Waals surface area contributed by atoms with Gasteiger partial charge in [0, 0.05) is 0 Å². The summed E-state index contributed by atoms with van der Waals surface area (Å²) in [6.45, 7) is 1.90. The van der Waals surface area contributed by atoms with Crippen LogP contribution in [0.2, 0.25) is 0 Å². The lowest BCUT2D eigenvalue weighted by atomic mass is 10.1. The van der Waals surface area contributed by atoms with E-state index in [-0.39, 0.29) is 23.7 Å². The molecule has 0 spiro atoms. The van der Waals surface area contributed by atoms with Crippen LogP contribution in [0, 0.1) is 0 Å². The third-order valence-electron chi connectivity index (χ3n) is 2.36. The third-order valence-corrected chi connectivity index (χ3v) is 2.36. The van der Waals surface area contributed by atoms with Crippen molar-refractivity contribution in [1.82, 2.24) is 20.5 Å². The zero-order valence-corrected chi connectivity index (χ0v) is 9.34. The molecule has 4 N–H and O–H groups in total. The summed E-state index contributed by atoms with van der Waals surface area (Å²) in [4.78, 5) is 15.5. The molecule has 0 radical (unpaired) electrons. The zero-order chi connectivity index (χ0) is 12.3. The van der Waals surface area contributed by atoms with Gasteiger partial charge in [-0.25, -0.2) is 0 Å². The molecule has 0 aliphatic carbocycles. The first-order valence-corrected chi connectivity index (χ1v) is 5.20. The summed E-state index contributed by atoms with van der Waals surface area (Å²) in [5, 5.41) is 8.86. The molecule has 6 nitrogen and oxygen atoms in total. The van der Waals surface area contributed by atoms with Crippen molar-refractivity contribution < 1.29 is 4.79 Å². The number of aromatic nitrogens is 3. The Morgan fingerprint density at radius 1 is 1.41 bits per heavy atom. The number of amides is 1. The molecule has 1 unspecified atom stereocenters. The molecule has 0 aliphatic rings. The van der Waals surface area contributed by atoms with Crippen LogP contribution in [0.4, 0.5) is 5.95 Å². The summed E-state index contributed by atoms with van der Waals surface area (Å²) in [5.41, 5.74) is 6.35. The van der Waals surface area contributed by atoms with E-state index in [4.69, 9.17) is 5.73 Å². The van der Waals surface area contributed by atoms with Gasteiger partial charge >= 0.3 is 0 Å². The van der Waals surface area contributed by atoms with Crippen molar-refractivity contribution in [3.05, 3.63) is 41.7 Å². The summed E-state index contributed by atoms with van der Waals surface area (Å²) in [6.07, 6.45) is 0. The molecule has 17 heavy (non-hydrogen) atoms. The number of nitrogens with two attached hydrogens (primary N) is 1. The third kappa shape index (κ3) is 2.60. The monoisotopic (exact) mass is 231 g/mol. The minimum Gasteiger partial charge on any atom is -0.366 e. The quantitative estimate of drug-likeness (QED) is 0.730. The average molecular weight is 231 g/mol. The fraction of sp³-hybridized carbons (Fsp3) is 0.182.